The van der Waals surface area contributed by atoms with E-state index in [-0.39, 0.29) is 0 Å². The lowest BCUT2D eigenvalue weighted by Crippen LogP contribution is -1.97. The average molecular weight is 410 g/mol. The van der Waals surface area contributed by atoms with E-state index in [1.54, 1.807) is 0 Å². The molecule has 6 aromatic rings. The minimum atomic E-state index is 0.691. The number of rotatable bonds is 3. The molecule has 32 heavy (non-hydrogen) atoms. The molecule has 2 heterocycles. The van der Waals surface area contributed by atoms with Gasteiger partial charge in [-0.2, -0.15) is 0 Å². The van der Waals surface area contributed by atoms with Crippen molar-refractivity contribution < 1.29 is 0 Å². The van der Waals surface area contributed by atoms with E-state index in [4.69, 9.17) is 15.0 Å². The maximum Gasteiger partial charge on any atom is 0.160 e. The summed E-state index contributed by atoms with van der Waals surface area (Å²) in [6.45, 7) is 0. The van der Waals surface area contributed by atoms with Crippen molar-refractivity contribution in [3.05, 3.63) is 109 Å². The normalized spacial score (nSPS) is 11.1. The monoisotopic (exact) mass is 410 g/mol. The van der Waals surface area contributed by atoms with Crippen molar-refractivity contribution in [2.24, 2.45) is 0 Å². The van der Waals surface area contributed by atoms with Gasteiger partial charge in [-0.1, -0.05) is 91.0 Å². The third kappa shape index (κ3) is 3.19. The zero-order valence-corrected chi connectivity index (χ0v) is 17.2. The number of aromatic nitrogens is 4. The van der Waals surface area contributed by atoms with Crippen LogP contribution in [0.4, 0.5) is 0 Å². The molecule has 0 spiro atoms. The molecule has 0 saturated heterocycles. The summed E-state index contributed by atoms with van der Waals surface area (Å²) in [5.41, 5.74) is 5.65. The second-order valence-corrected chi connectivity index (χ2v) is 7.58. The molecule has 0 bridgehead atoms. The molecule has 0 aliphatic carbocycles. The lowest BCUT2D eigenvalue weighted by atomic mass is 10.0. The SMILES string of the molecule is c1ccc(-c2ncc3c(ccc4c(-c5ccccc5)nc(-c5ccccc5)nc43)n2)cc1. The van der Waals surface area contributed by atoms with Gasteiger partial charge in [-0.3, -0.25) is 0 Å². The van der Waals surface area contributed by atoms with Crippen LogP contribution in [-0.2, 0) is 0 Å². The smallest absolute Gasteiger partial charge is 0.160 e. The third-order valence-electron chi connectivity index (χ3n) is 5.54. The quantitative estimate of drug-likeness (QED) is 0.310. The Labute approximate surface area is 185 Å². The van der Waals surface area contributed by atoms with Gasteiger partial charge in [0.05, 0.1) is 16.7 Å². The van der Waals surface area contributed by atoms with Gasteiger partial charge in [0.15, 0.2) is 11.6 Å². The van der Waals surface area contributed by atoms with Crippen LogP contribution in [0.1, 0.15) is 0 Å². The van der Waals surface area contributed by atoms with Crippen LogP contribution in [0.2, 0.25) is 0 Å². The Morgan fingerprint density at radius 3 is 1.69 bits per heavy atom. The van der Waals surface area contributed by atoms with Gasteiger partial charge in [-0.25, -0.2) is 19.9 Å². The molecule has 6 rings (SSSR count). The second-order valence-electron chi connectivity index (χ2n) is 7.58. The molecule has 0 amide bonds. The van der Waals surface area contributed by atoms with E-state index in [1.807, 2.05) is 91.1 Å². The highest BCUT2D eigenvalue weighted by Crippen LogP contribution is 2.33. The number of fused-ring (bicyclic) bond motifs is 3. The van der Waals surface area contributed by atoms with Crippen LogP contribution >= 0.6 is 0 Å². The van der Waals surface area contributed by atoms with Gasteiger partial charge in [0, 0.05) is 33.7 Å². The van der Waals surface area contributed by atoms with Crippen LogP contribution in [0, 0.1) is 0 Å². The van der Waals surface area contributed by atoms with E-state index >= 15 is 0 Å². The highest BCUT2D eigenvalue weighted by atomic mass is 14.9. The molecule has 0 radical (unpaired) electrons. The van der Waals surface area contributed by atoms with Crippen LogP contribution in [0.5, 0.6) is 0 Å². The Balaban J connectivity index is 1.64. The Morgan fingerprint density at radius 2 is 1.03 bits per heavy atom. The predicted octanol–water partition coefficient (Wildman–Crippen LogP) is 6.57. The Morgan fingerprint density at radius 1 is 0.438 bits per heavy atom. The third-order valence-corrected chi connectivity index (χ3v) is 5.54. The van der Waals surface area contributed by atoms with Gasteiger partial charge in [0.25, 0.3) is 0 Å². The molecule has 0 atom stereocenters. The minimum absolute atomic E-state index is 0.691. The highest BCUT2D eigenvalue weighted by Gasteiger charge is 2.15. The first kappa shape index (κ1) is 18.3. The molecule has 0 saturated carbocycles. The molecule has 0 aliphatic rings. The van der Waals surface area contributed by atoms with E-state index in [1.165, 1.54) is 0 Å². The van der Waals surface area contributed by atoms with Crippen molar-refractivity contribution in [1.29, 1.82) is 0 Å². The molecular weight excluding hydrogens is 392 g/mol. The molecule has 4 nitrogen and oxygen atoms in total. The number of hydrogen-bond donors (Lipinski definition) is 0. The van der Waals surface area contributed by atoms with E-state index < -0.39 is 0 Å². The molecule has 0 N–H and O–H groups in total. The van der Waals surface area contributed by atoms with Crippen molar-refractivity contribution in [2.75, 3.05) is 0 Å². The lowest BCUT2D eigenvalue weighted by molar-refractivity contribution is 1.21. The van der Waals surface area contributed by atoms with Crippen molar-refractivity contribution in [1.82, 2.24) is 19.9 Å². The number of benzene rings is 4. The summed E-state index contributed by atoms with van der Waals surface area (Å²) in [5, 5.41) is 1.90. The van der Waals surface area contributed by atoms with Crippen LogP contribution in [0.3, 0.4) is 0 Å². The Hall–Kier alpha value is -4.44. The average Bonchev–Trinajstić information content (AvgIpc) is 2.89. The molecule has 0 unspecified atom stereocenters. The molecule has 0 fully saturated rings. The summed E-state index contributed by atoms with van der Waals surface area (Å²) >= 11 is 0. The fourth-order valence-electron chi connectivity index (χ4n) is 3.96. The highest BCUT2D eigenvalue weighted by molar-refractivity contribution is 6.08. The maximum absolute atomic E-state index is 4.97. The first-order valence-electron chi connectivity index (χ1n) is 10.5. The molecule has 0 aliphatic heterocycles. The second kappa shape index (κ2) is 7.67. The summed E-state index contributed by atoms with van der Waals surface area (Å²) in [7, 11) is 0. The van der Waals surface area contributed by atoms with Crippen molar-refractivity contribution in [2.45, 2.75) is 0 Å². The zero-order valence-electron chi connectivity index (χ0n) is 17.2. The summed E-state index contributed by atoms with van der Waals surface area (Å²) in [4.78, 5) is 19.4. The first-order chi connectivity index (χ1) is 15.9. The maximum atomic E-state index is 4.97. The van der Waals surface area contributed by atoms with Gasteiger partial charge in [-0.05, 0) is 12.1 Å². The topological polar surface area (TPSA) is 51.6 Å². The fraction of sp³-hybridized carbons (Fsp3) is 0. The molecule has 4 heteroatoms. The Bertz CT molecular complexity index is 1550. The number of nitrogens with zero attached hydrogens (tertiary/aromatic N) is 4. The predicted molar refractivity (Wildman–Crippen MR) is 129 cm³/mol. The summed E-state index contributed by atoms with van der Waals surface area (Å²) in [5.74, 6) is 1.40. The van der Waals surface area contributed by atoms with E-state index in [2.05, 4.69) is 23.2 Å². The first-order valence-corrected chi connectivity index (χ1v) is 10.5. The van der Waals surface area contributed by atoms with Gasteiger partial charge in [0.2, 0.25) is 0 Å². The minimum Gasteiger partial charge on any atom is -0.236 e. The van der Waals surface area contributed by atoms with Gasteiger partial charge in [-0.15, -0.1) is 0 Å². The van der Waals surface area contributed by atoms with Crippen LogP contribution in [0.15, 0.2) is 109 Å². The van der Waals surface area contributed by atoms with E-state index in [0.29, 0.717) is 11.6 Å². The summed E-state index contributed by atoms with van der Waals surface area (Å²) in [6, 6.07) is 34.4. The van der Waals surface area contributed by atoms with E-state index in [0.717, 1.165) is 44.2 Å². The number of hydrogen-bond acceptors (Lipinski definition) is 4. The zero-order chi connectivity index (χ0) is 21.3. The standard InChI is InChI=1S/C28H18N4/c1-4-10-19(11-5-1)25-22-16-17-24-23(18-29-27(30-24)20-12-6-2-7-13-20)26(22)32-28(31-25)21-14-8-3-9-15-21/h1-18H. The van der Waals surface area contributed by atoms with Crippen LogP contribution in [-0.4, -0.2) is 19.9 Å². The largest absolute Gasteiger partial charge is 0.236 e. The van der Waals surface area contributed by atoms with Crippen LogP contribution < -0.4 is 0 Å². The van der Waals surface area contributed by atoms with Gasteiger partial charge >= 0.3 is 0 Å². The van der Waals surface area contributed by atoms with Crippen LogP contribution in [0.25, 0.3) is 55.8 Å². The van der Waals surface area contributed by atoms with Crippen molar-refractivity contribution in [3.63, 3.8) is 0 Å². The van der Waals surface area contributed by atoms with Gasteiger partial charge in [0.1, 0.15) is 0 Å². The summed E-state index contributed by atoms with van der Waals surface area (Å²) < 4.78 is 0. The van der Waals surface area contributed by atoms with Gasteiger partial charge < -0.3 is 0 Å². The molecule has 2 aromatic heterocycles. The molecule has 150 valence electrons. The molecule has 4 aromatic carbocycles. The summed E-state index contributed by atoms with van der Waals surface area (Å²) in [6.07, 6.45) is 1.88. The fourth-order valence-corrected chi connectivity index (χ4v) is 3.96. The van der Waals surface area contributed by atoms with Crippen molar-refractivity contribution in [3.8, 4) is 34.0 Å². The van der Waals surface area contributed by atoms with E-state index in [9.17, 15) is 0 Å². The van der Waals surface area contributed by atoms with Crippen molar-refractivity contribution >= 4 is 21.8 Å². The lowest BCUT2D eigenvalue weighted by Gasteiger charge is -2.11. The molecular formula is C28H18N4. The Kier molecular flexibility index (Phi) is 4.40.